The van der Waals surface area contributed by atoms with Crippen molar-refractivity contribution in [3.63, 3.8) is 0 Å². The molecule has 1 N–H and O–H groups in total. The highest BCUT2D eigenvalue weighted by atomic mass is 19.1. The molecular formula is C13H15FN2O4. The van der Waals surface area contributed by atoms with Gasteiger partial charge < -0.3 is 14.7 Å². The van der Waals surface area contributed by atoms with Crippen molar-refractivity contribution < 1.29 is 23.8 Å². The molecule has 1 heterocycles. The van der Waals surface area contributed by atoms with Gasteiger partial charge in [-0.25, -0.2) is 9.18 Å². The molecule has 108 valence electrons. The van der Waals surface area contributed by atoms with Crippen LogP contribution in [0.4, 0.5) is 9.18 Å². The number of carbonyl (C=O) groups excluding carboxylic acids is 2. The van der Waals surface area contributed by atoms with E-state index in [1.807, 2.05) is 0 Å². The molecule has 1 aromatic carbocycles. The zero-order valence-corrected chi connectivity index (χ0v) is 11.0. The number of rotatable bonds is 5. The fraction of sp³-hybridized carbons (Fsp3) is 0.385. The fourth-order valence-electron chi connectivity index (χ4n) is 1.86. The van der Waals surface area contributed by atoms with Crippen molar-refractivity contribution in [2.45, 2.75) is 6.10 Å². The summed E-state index contributed by atoms with van der Waals surface area (Å²) in [5, 5.41) is 9.77. The molecule has 3 amide bonds. The number of imide groups is 1. The van der Waals surface area contributed by atoms with Crippen molar-refractivity contribution in [2.75, 3.05) is 26.7 Å². The number of amides is 3. The lowest BCUT2D eigenvalue weighted by atomic mass is 10.3. The molecule has 1 fully saturated rings. The number of hydrogen-bond acceptors (Lipinski definition) is 4. The lowest BCUT2D eigenvalue weighted by molar-refractivity contribution is -0.126. The summed E-state index contributed by atoms with van der Waals surface area (Å²) in [7, 11) is 1.50. The van der Waals surface area contributed by atoms with Gasteiger partial charge in [0.25, 0.3) is 0 Å². The number of halogens is 1. The first-order valence-electron chi connectivity index (χ1n) is 6.10. The van der Waals surface area contributed by atoms with Gasteiger partial charge in [-0.05, 0) is 12.1 Å². The van der Waals surface area contributed by atoms with E-state index in [1.165, 1.54) is 30.1 Å². The highest BCUT2D eigenvalue weighted by Crippen LogP contribution is 2.16. The Bertz CT molecular complexity index is 523. The largest absolute Gasteiger partial charge is 0.488 e. The van der Waals surface area contributed by atoms with Crippen molar-refractivity contribution >= 4 is 11.9 Å². The minimum atomic E-state index is -1.07. The normalized spacial score (nSPS) is 16.8. The standard InChI is InChI=1S/C13H15FN2O4/c1-15-7-12(18)16(13(15)19)6-9(17)8-20-11-5-3-2-4-10(11)14/h2-5,9,17H,6-8H2,1H3/t9-/m1/s1. The average molecular weight is 282 g/mol. The van der Waals surface area contributed by atoms with Gasteiger partial charge in [-0.3, -0.25) is 9.69 Å². The summed E-state index contributed by atoms with van der Waals surface area (Å²) in [6.07, 6.45) is -1.07. The van der Waals surface area contributed by atoms with Crippen LogP contribution >= 0.6 is 0 Å². The number of β-amino-alcohol motifs (C(OH)–C–C–N with tert-alkyl or cyclic N) is 1. The van der Waals surface area contributed by atoms with E-state index in [4.69, 9.17) is 4.74 Å². The van der Waals surface area contributed by atoms with Gasteiger partial charge in [0.05, 0.1) is 6.54 Å². The summed E-state index contributed by atoms with van der Waals surface area (Å²) in [6, 6.07) is 5.34. The predicted octanol–water partition coefficient (Wildman–Crippen LogP) is 0.459. The molecule has 6 nitrogen and oxygen atoms in total. The Labute approximate surface area is 115 Å². The Morgan fingerprint density at radius 2 is 2.10 bits per heavy atom. The Kier molecular flexibility index (Phi) is 4.19. The van der Waals surface area contributed by atoms with Crippen LogP contribution in [0, 0.1) is 5.82 Å². The molecule has 0 aliphatic carbocycles. The fourth-order valence-corrected chi connectivity index (χ4v) is 1.86. The van der Waals surface area contributed by atoms with E-state index < -0.39 is 18.0 Å². The third-order valence-corrected chi connectivity index (χ3v) is 2.89. The van der Waals surface area contributed by atoms with Gasteiger partial charge in [0.1, 0.15) is 19.3 Å². The Hall–Kier alpha value is -2.15. The Morgan fingerprint density at radius 3 is 2.70 bits per heavy atom. The van der Waals surface area contributed by atoms with Crippen LogP contribution in [0.1, 0.15) is 0 Å². The molecule has 1 aliphatic rings. The lowest BCUT2D eigenvalue weighted by Crippen LogP contribution is -2.40. The van der Waals surface area contributed by atoms with Gasteiger partial charge in [0, 0.05) is 7.05 Å². The predicted molar refractivity (Wildman–Crippen MR) is 67.6 cm³/mol. The van der Waals surface area contributed by atoms with Gasteiger partial charge >= 0.3 is 6.03 Å². The summed E-state index contributed by atoms with van der Waals surface area (Å²) in [4.78, 5) is 25.3. The van der Waals surface area contributed by atoms with Crippen molar-refractivity contribution in [3.05, 3.63) is 30.1 Å². The van der Waals surface area contributed by atoms with Crippen molar-refractivity contribution in [1.82, 2.24) is 9.80 Å². The molecule has 1 saturated heterocycles. The number of nitrogens with zero attached hydrogens (tertiary/aromatic N) is 2. The molecule has 0 saturated carbocycles. The number of carbonyl (C=O) groups is 2. The molecule has 20 heavy (non-hydrogen) atoms. The third kappa shape index (κ3) is 3.05. The minimum absolute atomic E-state index is 0.000274. The summed E-state index contributed by atoms with van der Waals surface area (Å²) in [5.41, 5.74) is 0. The molecular weight excluding hydrogens is 267 g/mol. The van der Waals surface area contributed by atoms with Crippen LogP contribution in [0.15, 0.2) is 24.3 Å². The SMILES string of the molecule is CN1CC(=O)N(C[C@@H](O)COc2ccccc2F)C1=O. The minimum Gasteiger partial charge on any atom is -0.488 e. The third-order valence-electron chi connectivity index (χ3n) is 2.89. The van der Waals surface area contributed by atoms with Gasteiger partial charge in [0.2, 0.25) is 5.91 Å². The molecule has 0 spiro atoms. The monoisotopic (exact) mass is 282 g/mol. The first-order chi connectivity index (χ1) is 9.49. The maximum atomic E-state index is 13.3. The topological polar surface area (TPSA) is 70.1 Å². The maximum absolute atomic E-state index is 13.3. The molecule has 1 aliphatic heterocycles. The van der Waals surface area contributed by atoms with Gasteiger partial charge in [0.15, 0.2) is 11.6 Å². The lowest BCUT2D eigenvalue weighted by Gasteiger charge is -2.18. The number of aliphatic hydroxyl groups excluding tert-OH is 1. The van der Waals surface area contributed by atoms with E-state index in [9.17, 15) is 19.1 Å². The number of benzene rings is 1. The Morgan fingerprint density at radius 1 is 1.40 bits per heavy atom. The van der Waals surface area contributed by atoms with Crippen molar-refractivity contribution in [2.24, 2.45) is 0 Å². The van der Waals surface area contributed by atoms with E-state index in [-0.39, 0.29) is 31.4 Å². The zero-order valence-electron chi connectivity index (χ0n) is 11.0. The highest BCUT2D eigenvalue weighted by molar-refractivity contribution is 6.01. The number of hydrogen-bond donors (Lipinski definition) is 1. The first kappa shape index (κ1) is 14.3. The molecule has 1 aromatic rings. The van der Waals surface area contributed by atoms with Gasteiger partial charge in [-0.15, -0.1) is 0 Å². The smallest absolute Gasteiger partial charge is 0.327 e. The zero-order chi connectivity index (χ0) is 14.7. The molecule has 0 bridgehead atoms. The van der Waals surface area contributed by atoms with Gasteiger partial charge in [-0.2, -0.15) is 0 Å². The van der Waals surface area contributed by atoms with Crippen LogP contribution in [0.5, 0.6) is 5.75 Å². The molecule has 0 aromatic heterocycles. The maximum Gasteiger partial charge on any atom is 0.327 e. The van der Waals surface area contributed by atoms with E-state index in [1.54, 1.807) is 6.07 Å². The molecule has 0 unspecified atom stereocenters. The van der Waals surface area contributed by atoms with Gasteiger partial charge in [-0.1, -0.05) is 12.1 Å². The van der Waals surface area contributed by atoms with Crippen molar-refractivity contribution in [3.8, 4) is 5.75 Å². The van der Waals surface area contributed by atoms with E-state index in [2.05, 4.69) is 0 Å². The Balaban J connectivity index is 1.87. The summed E-state index contributed by atoms with van der Waals surface area (Å²) in [6.45, 7) is -0.377. The molecule has 0 radical (unpaired) electrons. The number of ether oxygens (including phenoxy) is 1. The van der Waals surface area contributed by atoms with E-state index in [0.29, 0.717) is 0 Å². The van der Waals surface area contributed by atoms with E-state index >= 15 is 0 Å². The second-order valence-corrected chi connectivity index (χ2v) is 4.54. The highest BCUT2D eigenvalue weighted by Gasteiger charge is 2.34. The van der Waals surface area contributed by atoms with Crippen LogP contribution in [-0.4, -0.2) is 59.7 Å². The summed E-state index contributed by atoms with van der Waals surface area (Å²) in [5.74, 6) is -0.891. The second-order valence-electron chi connectivity index (χ2n) is 4.54. The first-order valence-corrected chi connectivity index (χ1v) is 6.10. The molecule has 2 rings (SSSR count). The second kappa shape index (κ2) is 5.87. The molecule has 1 atom stereocenters. The van der Waals surface area contributed by atoms with Crippen LogP contribution < -0.4 is 4.74 Å². The van der Waals surface area contributed by atoms with Crippen molar-refractivity contribution in [1.29, 1.82) is 0 Å². The van der Waals surface area contributed by atoms with E-state index in [0.717, 1.165) is 4.90 Å². The molecule has 7 heteroatoms. The summed E-state index contributed by atoms with van der Waals surface area (Å²) < 4.78 is 18.4. The number of para-hydroxylation sites is 1. The average Bonchev–Trinajstić information content (AvgIpc) is 2.64. The van der Waals surface area contributed by atoms with Crippen LogP contribution in [0.3, 0.4) is 0 Å². The summed E-state index contributed by atoms with van der Waals surface area (Å²) >= 11 is 0. The van der Waals surface area contributed by atoms with Crippen LogP contribution in [-0.2, 0) is 4.79 Å². The quantitative estimate of drug-likeness (QED) is 0.797. The number of aliphatic hydroxyl groups is 1. The van der Waals surface area contributed by atoms with Crippen LogP contribution in [0.25, 0.3) is 0 Å². The van der Waals surface area contributed by atoms with Crippen LogP contribution in [0.2, 0.25) is 0 Å². The number of likely N-dealkylation sites (N-methyl/N-ethyl adjacent to an activating group) is 1. The number of urea groups is 1.